The summed E-state index contributed by atoms with van der Waals surface area (Å²) in [7, 11) is -2.39. The van der Waals surface area contributed by atoms with E-state index in [0.29, 0.717) is 25.8 Å². The second-order valence-corrected chi connectivity index (χ2v) is 9.30. The van der Waals surface area contributed by atoms with E-state index in [2.05, 4.69) is 6.92 Å². The van der Waals surface area contributed by atoms with E-state index in [9.17, 15) is 17.8 Å². The molecule has 0 spiro atoms. The standard InChI is InChI=1S/C21H43NO4S.K/c1-3-4-5-6-7-8-9-10-11-12-13-14-15-18-21(23)22(2)19-16-17-20-27(24,25)26;/h3-20H2,1-2H3,(H,24,25,26);/q;+1/p-1. The Kier molecular flexibility index (Phi) is 23.7. The van der Waals surface area contributed by atoms with Gasteiger partial charge in [-0.25, -0.2) is 8.42 Å². The van der Waals surface area contributed by atoms with Crippen LogP contribution < -0.4 is 51.4 Å². The minimum Gasteiger partial charge on any atom is -0.748 e. The Hall–Kier alpha value is 1.02. The van der Waals surface area contributed by atoms with Crippen molar-refractivity contribution >= 4 is 16.0 Å². The molecule has 0 bridgehead atoms. The molecule has 0 aromatic carbocycles. The van der Waals surface area contributed by atoms with Gasteiger partial charge in [-0.3, -0.25) is 4.79 Å². The number of unbranched alkanes of at least 4 members (excludes halogenated alkanes) is 13. The Balaban J connectivity index is 0. The van der Waals surface area contributed by atoms with Crippen molar-refractivity contribution in [2.75, 3.05) is 19.3 Å². The average Bonchev–Trinajstić information content (AvgIpc) is 2.61. The van der Waals surface area contributed by atoms with Crippen molar-refractivity contribution in [2.24, 2.45) is 0 Å². The summed E-state index contributed by atoms with van der Waals surface area (Å²) < 4.78 is 31.6. The third-order valence-corrected chi connectivity index (χ3v) is 5.85. The molecule has 0 aliphatic heterocycles. The van der Waals surface area contributed by atoms with Gasteiger partial charge in [0.2, 0.25) is 5.91 Å². The maximum atomic E-state index is 12.0. The minimum atomic E-state index is -4.13. The molecular weight excluding hydrogens is 401 g/mol. The maximum absolute atomic E-state index is 12.0. The monoisotopic (exact) mass is 443 g/mol. The Morgan fingerprint density at radius 1 is 0.750 bits per heavy atom. The van der Waals surface area contributed by atoms with Gasteiger partial charge in [0.1, 0.15) is 0 Å². The summed E-state index contributed by atoms with van der Waals surface area (Å²) in [5, 5.41) is 0. The molecule has 0 radical (unpaired) electrons. The first-order valence-corrected chi connectivity index (χ1v) is 12.6. The van der Waals surface area contributed by atoms with E-state index in [1.165, 1.54) is 70.6 Å². The summed E-state index contributed by atoms with van der Waals surface area (Å²) in [6.45, 7) is 2.77. The van der Waals surface area contributed by atoms with Gasteiger partial charge in [-0.15, -0.1) is 0 Å². The molecule has 0 unspecified atom stereocenters. The van der Waals surface area contributed by atoms with Crippen LogP contribution in [0.4, 0.5) is 0 Å². The first kappa shape index (κ1) is 31.2. The molecule has 5 nitrogen and oxygen atoms in total. The molecular formula is C21H42KNO4S. The van der Waals surface area contributed by atoms with Crippen molar-refractivity contribution < 1.29 is 69.1 Å². The van der Waals surface area contributed by atoms with E-state index in [-0.39, 0.29) is 63.0 Å². The van der Waals surface area contributed by atoms with Crippen molar-refractivity contribution in [3.8, 4) is 0 Å². The van der Waals surface area contributed by atoms with E-state index in [1.807, 2.05) is 0 Å². The van der Waals surface area contributed by atoms with E-state index in [0.717, 1.165) is 12.8 Å². The third-order valence-electron chi connectivity index (χ3n) is 5.06. The van der Waals surface area contributed by atoms with Crippen LogP contribution in [0, 0.1) is 0 Å². The largest absolute Gasteiger partial charge is 1.00 e. The molecule has 0 heterocycles. The second kappa shape index (κ2) is 21.3. The Bertz CT molecular complexity index is 457. The van der Waals surface area contributed by atoms with Gasteiger partial charge < -0.3 is 9.45 Å². The smallest absolute Gasteiger partial charge is 0.748 e. The molecule has 0 aliphatic carbocycles. The van der Waals surface area contributed by atoms with Gasteiger partial charge in [-0.1, -0.05) is 84.0 Å². The first-order valence-electron chi connectivity index (χ1n) is 11.0. The molecule has 0 saturated heterocycles. The maximum Gasteiger partial charge on any atom is 1.00 e. The second-order valence-electron chi connectivity index (χ2n) is 7.78. The number of carbonyl (C=O) groups excluding carboxylic acids is 1. The van der Waals surface area contributed by atoms with Crippen molar-refractivity contribution in [3.05, 3.63) is 0 Å². The van der Waals surface area contributed by atoms with Crippen LogP contribution in [-0.2, 0) is 14.9 Å². The van der Waals surface area contributed by atoms with Crippen molar-refractivity contribution in [1.82, 2.24) is 4.90 Å². The van der Waals surface area contributed by atoms with Crippen molar-refractivity contribution in [2.45, 2.75) is 110 Å². The predicted molar refractivity (Wildman–Crippen MR) is 112 cm³/mol. The Morgan fingerprint density at radius 2 is 1.18 bits per heavy atom. The van der Waals surface area contributed by atoms with Crippen molar-refractivity contribution in [3.63, 3.8) is 0 Å². The molecule has 0 aromatic heterocycles. The average molecular weight is 444 g/mol. The SMILES string of the molecule is CCCCCCCCCCCCCCCC(=O)N(C)CCCCS(=O)(=O)[O-].[K+]. The van der Waals surface area contributed by atoms with Gasteiger partial charge in [0.25, 0.3) is 0 Å². The van der Waals surface area contributed by atoms with Gasteiger partial charge in [0.15, 0.2) is 0 Å². The summed E-state index contributed by atoms with van der Waals surface area (Å²) in [6, 6.07) is 0. The summed E-state index contributed by atoms with van der Waals surface area (Å²) in [4.78, 5) is 13.6. The van der Waals surface area contributed by atoms with Crippen LogP contribution in [0.15, 0.2) is 0 Å². The molecule has 162 valence electrons. The zero-order chi connectivity index (χ0) is 20.4. The molecule has 0 saturated carbocycles. The quantitative estimate of drug-likeness (QED) is 0.174. The van der Waals surface area contributed by atoms with Crippen LogP contribution in [0.1, 0.15) is 110 Å². The zero-order valence-corrected chi connectivity index (χ0v) is 22.7. The summed E-state index contributed by atoms with van der Waals surface area (Å²) in [5.41, 5.74) is 0. The van der Waals surface area contributed by atoms with E-state index in [1.54, 1.807) is 11.9 Å². The summed E-state index contributed by atoms with van der Waals surface area (Å²) in [5.74, 6) is -0.225. The Labute approximate surface area is 217 Å². The summed E-state index contributed by atoms with van der Waals surface area (Å²) in [6.07, 6.45) is 18.2. The number of nitrogens with zero attached hydrogens (tertiary/aromatic N) is 1. The normalized spacial score (nSPS) is 11.2. The van der Waals surface area contributed by atoms with Crippen LogP contribution in [0.25, 0.3) is 0 Å². The van der Waals surface area contributed by atoms with E-state index >= 15 is 0 Å². The molecule has 0 rings (SSSR count). The number of hydrogen-bond donors (Lipinski definition) is 0. The molecule has 0 fully saturated rings. The van der Waals surface area contributed by atoms with Crippen LogP contribution in [0.2, 0.25) is 0 Å². The molecule has 28 heavy (non-hydrogen) atoms. The van der Waals surface area contributed by atoms with Gasteiger partial charge >= 0.3 is 51.4 Å². The number of rotatable bonds is 19. The van der Waals surface area contributed by atoms with Crippen molar-refractivity contribution in [1.29, 1.82) is 0 Å². The molecule has 1 amide bonds. The zero-order valence-electron chi connectivity index (χ0n) is 18.7. The first-order chi connectivity index (χ1) is 12.9. The number of amides is 1. The third kappa shape index (κ3) is 23.3. The topological polar surface area (TPSA) is 77.5 Å². The fourth-order valence-electron chi connectivity index (χ4n) is 3.24. The molecule has 0 aromatic rings. The Morgan fingerprint density at radius 3 is 1.61 bits per heavy atom. The van der Waals surface area contributed by atoms with Gasteiger partial charge in [-0.2, -0.15) is 0 Å². The molecule has 0 aliphatic rings. The van der Waals surface area contributed by atoms with Crippen LogP contribution in [-0.4, -0.2) is 43.1 Å². The van der Waals surface area contributed by atoms with Crippen LogP contribution in [0.5, 0.6) is 0 Å². The fourth-order valence-corrected chi connectivity index (χ4v) is 3.80. The van der Waals surface area contributed by atoms with E-state index < -0.39 is 10.1 Å². The van der Waals surface area contributed by atoms with Crippen LogP contribution >= 0.6 is 0 Å². The number of carbonyl (C=O) groups is 1. The minimum absolute atomic E-state index is 0. The molecule has 7 heteroatoms. The number of hydrogen-bond acceptors (Lipinski definition) is 4. The predicted octanol–water partition coefficient (Wildman–Crippen LogP) is 2.26. The van der Waals surface area contributed by atoms with Gasteiger partial charge in [0.05, 0.1) is 10.1 Å². The molecule has 0 atom stereocenters. The van der Waals surface area contributed by atoms with Gasteiger partial charge in [-0.05, 0) is 19.3 Å². The summed E-state index contributed by atoms with van der Waals surface area (Å²) >= 11 is 0. The van der Waals surface area contributed by atoms with E-state index in [4.69, 9.17) is 0 Å². The molecule has 0 N–H and O–H groups in total. The fraction of sp³-hybridized carbons (Fsp3) is 0.952. The van der Waals surface area contributed by atoms with Gasteiger partial charge in [0, 0.05) is 25.8 Å². The van der Waals surface area contributed by atoms with Crippen LogP contribution in [0.3, 0.4) is 0 Å².